The fourth-order valence-corrected chi connectivity index (χ4v) is 5.88. The van der Waals surface area contributed by atoms with Crippen molar-refractivity contribution in [3.05, 3.63) is 27.2 Å². The van der Waals surface area contributed by atoms with Crippen LogP contribution < -0.4 is 4.74 Å². The lowest BCUT2D eigenvalue weighted by Crippen LogP contribution is -2.32. The molecular formula is C22H26Cl2O4. The SMILES string of the molecule is COC(=O)[C@H]1CC[C@H](Oc2cc3c(c(Cl)c2Cl)C(=O)C(C)(C2CCCC2)C3)C1. The predicted octanol–water partition coefficient (Wildman–Crippen LogP) is 5.65. The highest BCUT2D eigenvalue weighted by atomic mass is 35.5. The Morgan fingerprint density at radius 1 is 1.14 bits per heavy atom. The molecule has 3 aliphatic rings. The van der Waals surface area contributed by atoms with Crippen LogP contribution in [0.5, 0.6) is 5.75 Å². The first-order chi connectivity index (χ1) is 13.3. The highest BCUT2D eigenvalue weighted by molar-refractivity contribution is 6.45. The summed E-state index contributed by atoms with van der Waals surface area (Å²) in [5.41, 5.74) is 1.12. The van der Waals surface area contributed by atoms with Crippen LogP contribution >= 0.6 is 23.2 Å². The van der Waals surface area contributed by atoms with Crippen molar-refractivity contribution in [3.8, 4) is 5.75 Å². The molecule has 1 aromatic carbocycles. The Bertz CT molecular complexity index is 815. The molecule has 0 bridgehead atoms. The van der Waals surface area contributed by atoms with E-state index in [-0.39, 0.29) is 23.8 Å². The lowest BCUT2D eigenvalue weighted by molar-refractivity contribution is -0.145. The Morgan fingerprint density at radius 3 is 2.54 bits per heavy atom. The van der Waals surface area contributed by atoms with Crippen molar-refractivity contribution < 1.29 is 19.1 Å². The molecular weight excluding hydrogens is 399 g/mol. The number of ether oxygens (including phenoxy) is 2. The molecule has 3 atom stereocenters. The molecule has 28 heavy (non-hydrogen) atoms. The molecule has 152 valence electrons. The highest BCUT2D eigenvalue weighted by Crippen LogP contribution is 2.52. The molecule has 1 unspecified atom stereocenters. The molecule has 4 nitrogen and oxygen atoms in total. The van der Waals surface area contributed by atoms with Gasteiger partial charge in [0.05, 0.1) is 24.2 Å². The normalized spacial score (nSPS) is 29.9. The zero-order valence-electron chi connectivity index (χ0n) is 16.4. The lowest BCUT2D eigenvalue weighted by Gasteiger charge is -2.29. The molecule has 0 saturated heterocycles. The number of fused-ring (bicyclic) bond motifs is 1. The summed E-state index contributed by atoms with van der Waals surface area (Å²) in [4.78, 5) is 25.0. The summed E-state index contributed by atoms with van der Waals surface area (Å²) in [6, 6.07) is 1.90. The number of ketones is 1. The van der Waals surface area contributed by atoms with Crippen LogP contribution in [0.2, 0.25) is 10.0 Å². The van der Waals surface area contributed by atoms with Gasteiger partial charge in [0.1, 0.15) is 10.8 Å². The van der Waals surface area contributed by atoms with E-state index in [2.05, 4.69) is 6.92 Å². The van der Waals surface area contributed by atoms with Crippen LogP contribution in [0.15, 0.2) is 6.07 Å². The number of carbonyl (C=O) groups is 2. The first-order valence-corrected chi connectivity index (χ1v) is 10.9. The van der Waals surface area contributed by atoms with Crippen LogP contribution in [-0.4, -0.2) is 25.0 Å². The number of hydrogen-bond acceptors (Lipinski definition) is 4. The first kappa shape index (κ1) is 20.0. The van der Waals surface area contributed by atoms with Crippen LogP contribution in [0, 0.1) is 17.3 Å². The molecule has 0 heterocycles. The monoisotopic (exact) mass is 424 g/mol. The van der Waals surface area contributed by atoms with Gasteiger partial charge in [-0.3, -0.25) is 9.59 Å². The zero-order valence-corrected chi connectivity index (χ0v) is 17.9. The van der Waals surface area contributed by atoms with Crippen LogP contribution in [0.4, 0.5) is 0 Å². The largest absolute Gasteiger partial charge is 0.489 e. The third-order valence-electron chi connectivity index (χ3n) is 7.03. The molecule has 0 aliphatic heterocycles. The molecule has 3 aliphatic carbocycles. The summed E-state index contributed by atoms with van der Waals surface area (Å²) < 4.78 is 11.0. The van der Waals surface area contributed by atoms with E-state index in [4.69, 9.17) is 32.7 Å². The number of hydrogen-bond donors (Lipinski definition) is 0. The van der Waals surface area contributed by atoms with Gasteiger partial charge in [0.2, 0.25) is 0 Å². The minimum Gasteiger partial charge on any atom is -0.489 e. The fraction of sp³-hybridized carbons (Fsp3) is 0.636. The molecule has 2 saturated carbocycles. The molecule has 0 radical (unpaired) electrons. The van der Waals surface area contributed by atoms with E-state index in [1.165, 1.54) is 20.0 Å². The van der Waals surface area contributed by atoms with Crippen molar-refractivity contribution in [3.63, 3.8) is 0 Å². The summed E-state index contributed by atoms with van der Waals surface area (Å²) in [5.74, 6) is 0.721. The molecule has 0 spiro atoms. The van der Waals surface area contributed by atoms with Gasteiger partial charge in [-0.25, -0.2) is 0 Å². The van der Waals surface area contributed by atoms with Crippen molar-refractivity contribution in [2.75, 3.05) is 7.11 Å². The second-order valence-corrected chi connectivity index (χ2v) is 9.47. The number of rotatable bonds is 4. The van der Waals surface area contributed by atoms with Crippen molar-refractivity contribution in [2.45, 2.75) is 64.4 Å². The Hall–Kier alpha value is -1.26. The summed E-state index contributed by atoms with van der Waals surface area (Å²) >= 11 is 13.1. The second kappa shape index (κ2) is 7.53. The van der Waals surface area contributed by atoms with Gasteiger partial charge in [-0.05, 0) is 56.1 Å². The number of benzene rings is 1. The summed E-state index contributed by atoms with van der Waals surface area (Å²) in [5, 5.41) is 0.606. The molecule has 0 amide bonds. The molecule has 4 rings (SSSR count). The van der Waals surface area contributed by atoms with Gasteiger partial charge in [-0.1, -0.05) is 43.0 Å². The van der Waals surface area contributed by atoms with Gasteiger partial charge in [-0.2, -0.15) is 0 Å². The van der Waals surface area contributed by atoms with E-state index in [1.807, 2.05) is 6.07 Å². The minimum absolute atomic E-state index is 0.103. The smallest absolute Gasteiger partial charge is 0.308 e. The quantitative estimate of drug-likeness (QED) is 0.585. The predicted molar refractivity (Wildman–Crippen MR) is 108 cm³/mol. The van der Waals surface area contributed by atoms with Crippen LogP contribution in [0.1, 0.15) is 67.8 Å². The number of Topliss-reactive ketones (excluding diaryl/α,β-unsaturated/α-hetero) is 1. The van der Waals surface area contributed by atoms with Gasteiger partial charge in [-0.15, -0.1) is 0 Å². The van der Waals surface area contributed by atoms with Gasteiger partial charge in [0.15, 0.2) is 5.78 Å². The van der Waals surface area contributed by atoms with E-state index in [9.17, 15) is 9.59 Å². The number of halogens is 2. The minimum atomic E-state index is -0.395. The van der Waals surface area contributed by atoms with Gasteiger partial charge < -0.3 is 9.47 Å². The van der Waals surface area contributed by atoms with Crippen molar-refractivity contribution in [1.82, 2.24) is 0 Å². The van der Waals surface area contributed by atoms with Gasteiger partial charge in [0, 0.05) is 11.0 Å². The first-order valence-electron chi connectivity index (χ1n) is 10.1. The standard InChI is InChI=1S/C22H26Cl2O4/c1-22(14-5-3-4-6-14)11-13-10-16(18(23)19(24)17(13)20(22)25)28-15-8-7-12(9-15)21(26)27-2/h10,12,14-15H,3-9,11H2,1-2H3/t12-,15-,22?/m0/s1. The topological polar surface area (TPSA) is 52.6 Å². The van der Waals surface area contributed by atoms with Crippen molar-refractivity contribution >= 4 is 35.0 Å². The number of esters is 1. The van der Waals surface area contributed by atoms with E-state index >= 15 is 0 Å². The van der Waals surface area contributed by atoms with Gasteiger partial charge >= 0.3 is 5.97 Å². The molecule has 1 aromatic rings. The zero-order chi connectivity index (χ0) is 20.1. The van der Waals surface area contributed by atoms with E-state index in [0.29, 0.717) is 40.1 Å². The Morgan fingerprint density at radius 2 is 1.86 bits per heavy atom. The maximum Gasteiger partial charge on any atom is 0.308 e. The summed E-state index contributed by atoms with van der Waals surface area (Å²) in [6.07, 6.45) is 7.28. The molecule has 0 N–H and O–H groups in total. The van der Waals surface area contributed by atoms with E-state index < -0.39 is 5.41 Å². The Labute approximate surface area is 175 Å². The summed E-state index contributed by atoms with van der Waals surface area (Å²) in [7, 11) is 1.41. The van der Waals surface area contributed by atoms with Gasteiger partial charge in [0.25, 0.3) is 0 Å². The number of carbonyl (C=O) groups excluding carboxylic acids is 2. The fourth-order valence-electron chi connectivity index (χ4n) is 5.38. The molecule has 2 fully saturated rings. The molecule has 0 aromatic heterocycles. The average Bonchev–Trinajstić information content (AvgIpc) is 3.40. The van der Waals surface area contributed by atoms with Crippen LogP contribution in [-0.2, 0) is 16.0 Å². The van der Waals surface area contributed by atoms with Crippen LogP contribution in [0.25, 0.3) is 0 Å². The van der Waals surface area contributed by atoms with Crippen molar-refractivity contribution in [2.24, 2.45) is 17.3 Å². The number of methoxy groups -OCH3 is 1. The van der Waals surface area contributed by atoms with E-state index in [1.54, 1.807) is 0 Å². The van der Waals surface area contributed by atoms with Crippen LogP contribution in [0.3, 0.4) is 0 Å². The third-order valence-corrected chi connectivity index (χ3v) is 7.88. The maximum absolute atomic E-state index is 13.3. The van der Waals surface area contributed by atoms with E-state index in [0.717, 1.165) is 31.2 Å². The summed E-state index contributed by atoms with van der Waals surface area (Å²) in [6.45, 7) is 2.08. The second-order valence-electron chi connectivity index (χ2n) is 8.71. The average molecular weight is 425 g/mol. The van der Waals surface area contributed by atoms with Crippen molar-refractivity contribution in [1.29, 1.82) is 0 Å². The Kier molecular flexibility index (Phi) is 5.39. The highest BCUT2D eigenvalue weighted by Gasteiger charge is 2.49. The third kappa shape index (κ3) is 3.23. The lowest BCUT2D eigenvalue weighted by atomic mass is 9.73. The molecule has 6 heteroatoms. The maximum atomic E-state index is 13.3. The Balaban J connectivity index is 1.58.